The van der Waals surface area contributed by atoms with Gasteiger partial charge in [-0.1, -0.05) is 0 Å². The molecule has 0 fully saturated rings. The number of hydrogen-bond acceptors (Lipinski definition) is 3. The molecule has 24 heavy (non-hydrogen) atoms. The number of anilines is 1. The maximum Gasteiger partial charge on any atom is 0.256 e. The van der Waals surface area contributed by atoms with Crippen molar-refractivity contribution in [1.82, 2.24) is 9.71 Å². The predicted octanol–water partition coefficient (Wildman–Crippen LogP) is 2.04. The van der Waals surface area contributed by atoms with Crippen molar-refractivity contribution in [2.45, 2.75) is 24.7 Å². The SMILES string of the molecule is CNS(=O)(=O)c1ccc2c(c1)C(=C1CCc3cc(C)[nH]c31)C(=O)N2. The Morgan fingerprint density at radius 1 is 1.17 bits per heavy atom. The van der Waals surface area contributed by atoms with Crippen LogP contribution in [0.4, 0.5) is 5.69 Å². The monoisotopic (exact) mass is 343 g/mol. The number of sulfonamides is 1. The number of carbonyl (C=O) groups excluding carboxylic acids is 1. The topological polar surface area (TPSA) is 91.1 Å². The minimum atomic E-state index is -3.56. The standard InChI is InChI=1S/C17H17N3O3S/c1-9-7-10-3-5-12(16(10)19-9)15-13-8-11(24(22,23)18-2)4-6-14(13)20-17(15)21/h4,6-8,18-19H,3,5H2,1-2H3,(H,20,21). The van der Waals surface area contributed by atoms with Gasteiger partial charge in [0, 0.05) is 22.6 Å². The summed E-state index contributed by atoms with van der Waals surface area (Å²) in [4.78, 5) is 16.0. The highest BCUT2D eigenvalue weighted by Gasteiger charge is 2.32. The summed E-state index contributed by atoms with van der Waals surface area (Å²) in [5, 5.41) is 2.83. The van der Waals surface area contributed by atoms with Gasteiger partial charge in [-0.2, -0.15) is 0 Å². The summed E-state index contributed by atoms with van der Waals surface area (Å²) >= 11 is 0. The Morgan fingerprint density at radius 3 is 2.71 bits per heavy atom. The first kappa shape index (κ1) is 15.2. The lowest BCUT2D eigenvalue weighted by Gasteiger charge is -2.07. The van der Waals surface area contributed by atoms with E-state index in [9.17, 15) is 13.2 Å². The van der Waals surface area contributed by atoms with Gasteiger partial charge in [-0.3, -0.25) is 4.79 Å². The van der Waals surface area contributed by atoms with E-state index in [-0.39, 0.29) is 10.8 Å². The summed E-state index contributed by atoms with van der Waals surface area (Å²) in [5.74, 6) is -0.181. The van der Waals surface area contributed by atoms with Gasteiger partial charge in [0.15, 0.2) is 0 Å². The van der Waals surface area contributed by atoms with Gasteiger partial charge in [-0.25, -0.2) is 13.1 Å². The molecule has 0 radical (unpaired) electrons. The molecule has 0 atom stereocenters. The average molecular weight is 343 g/mol. The largest absolute Gasteiger partial charge is 0.359 e. The summed E-state index contributed by atoms with van der Waals surface area (Å²) in [6.45, 7) is 1.99. The minimum Gasteiger partial charge on any atom is -0.359 e. The number of aromatic amines is 1. The van der Waals surface area contributed by atoms with E-state index in [2.05, 4.69) is 21.1 Å². The molecular formula is C17H17N3O3S. The number of rotatable bonds is 2. The molecule has 1 aliphatic heterocycles. The number of fused-ring (bicyclic) bond motifs is 2. The minimum absolute atomic E-state index is 0.152. The molecule has 1 aromatic carbocycles. The highest BCUT2D eigenvalue weighted by molar-refractivity contribution is 7.89. The van der Waals surface area contributed by atoms with Crippen LogP contribution in [0.15, 0.2) is 29.2 Å². The average Bonchev–Trinajstić information content (AvgIpc) is 3.18. The number of nitrogens with one attached hydrogen (secondary N) is 3. The van der Waals surface area contributed by atoms with Crippen LogP contribution in [0.1, 0.15) is 28.9 Å². The van der Waals surface area contributed by atoms with Crippen LogP contribution < -0.4 is 10.0 Å². The van der Waals surface area contributed by atoms with Gasteiger partial charge in [-0.15, -0.1) is 0 Å². The van der Waals surface area contributed by atoms with E-state index in [1.54, 1.807) is 12.1 Å². The van der Waals surface area contributed by atoms with Gasteiger partial charge >= 0.3 is 0 Å². The molecule has 2 heterocycles. The van der Waals surface area contributed by atoms with Crippen LogP contribution in [0.25, 0.3) is 11.1 Å². The summed E-state index contributed by atoms with van der Waals surface area (Å²) in [6, 6.07) is 6.80. The molecule has 0 bridgehead atoms. The number of hydrogen-bond donors (Lipinski definition) is 3. The summed E-state index contributed by atoms with van der Waals surface area (Å²) < 4.78 is 26.5. The third-order valence-corrected chi connectivity index (χ3v) is 6.01. The number of H-pyrrole nitrogens is 1. The highest BCUT2D eigenvalue weighted by atomic mass is 32.2. The van der Waals surface area contributed by atoms with Gasteiger partial charge in [0.05, 0.1) is 10.5 Å². The zero-order valence-electron chi connectivity index (χ0n) is 13.4. The second-order valence-corrected chi connectivity index (χ2v) is 7.96. The normalized spacial score (nSPS) is 19.3. The lowest BCUT2D eigenvalue weighted by Crippen LogP contribution is -2.18. The molecule has 1 amide bonds. The molecule has 0 saturated carbocycles. The molecule has 3 N–H and O–H groups in total. The zero-order valence-corrected chi connectivity index (χ0v) is 14.2. The Bertz CT molecular complexity index is 1020. The molecule has 7 heteroatoms. The van der Waals surface area contributed by atoms with Crippen molar-refractivity contribution in [3.63, 3.8) is 0 Å². The van der Waals surface area contributed by atoms with Crippen LogP contribution in [0.3, 0.4) is 0 Å². The van der Waals surface area contributed by atoms with E-state index in [4.69, 9.17) is 0 Å². The fourth-order valence-corrected chi connectivity index (χ4v) is 4.23. The predicted molar refractivity (Wildman–Crippen MR) is 92.0 cm³/mol. The van der Waals surface area contributed by atoms with Crippen molar-refractivity contribution in [3.8, 4) is 0 Å². The molecule has 0 unspecified atom stereocenters. The smallest absolute Gasteiger partial charge is 0.256 e. The molecule has 1 aromatic heterocycles. The molecule has 124 valence electrons. The van der Waals surface area contributed by atoms with Crippen LogP contribution >= 0.6 is 0 Å². The van der Waals surface area contributed by atoms with Crippen molar-refractivity contribution in [2.24, 2.45) is 0 Å². The Labute approximate surface area is 140 Å². The second-order valence-electron chi connectivity index (χ2n) is 6.08. The second kappa shape index (κ2) is 5.06. The molecule has 0 spiro atoms. The Morgan fingerprint density at radius 2 is 1.96 bits per heavy atom. The number of carbonyl (C=O) groups is 1. The van der Waals surface area contributed by atoms with Crippen molar-refractivity contribution < 1.29 is 13.2 Å². The Balaban J connectivity index is 1.94. The van der Waals surface area contributed by atoms with E-state index in [0.717, 1.165) is 29.8 Å². The van der Waals surface area contributed by atoms with Gasteiger partial charge in [0.25, 0.3) is 5.91 Å². The summed E-state index contributed by atoms with van der Waals surface area (Å²) in [7, 11) is -2.19. The van der Waals surface area contributed by atoms with Crippen LogP contribution in [-0.4, -0.2) is 26.4 Å². The molecule has 1 aliphatic carbocycles. The van der Waals surface area contributed by atoms with Crippen molar-refractivity contribution >= 4 is 32.8 Å². The lowest BCUT2D eigenvalue weighted by molar-refractivity contribution is -0.110. The van der Waals surface area contributed by atoms with E-state index < -0.39 is 10.0 Å². The zero-order chi connectivity index (χ0) is 17.1. The molecular weight excluding hydrogens is 326 g/mol. The highest BCUT2D eigenvalue weighted by Crippen LogP contribution is 2.43. The van der Waals surface area contributed by atoms with Crippen LogP contribution in [0.2, 0.25) is 0 Å². The molecule has 2 aliphatic rings. The van der Waals surface area contributed by atoms with E-state index in [1.807, 2.05) is 6.92 Å². The quantitative estimate of drug-likeness (QED) is 0.729. The fourth-order valence-electron chi connectivity index (χ4n) is 3.48. The number of amides is 1. The van der Waals surface area contributed by atoms with Gasteiger partial charge in [-0.05, 0) is 62.2 Å². The maximum absolute atomic E-state index is 12.5. The Kier molecular flexibility index (Phi) is 3.20. The van der Waals surface area contributed by atoms with Gasteiger partial charge in [0.1, 0.15) is 0 Å². The van der Waals surface area contributed by atoms with Crippen LogP contribution in [0.5, 0.6) is 0 Å². The Hall–Kier alpha value is -2.38. The number of aryl methyl sites for hydroxylation is 2. The third kappa shape index (κ3) is 2.12. The van der Waals surface area contributed by atoms with Crippen molar-refractivity contribution in [3.05, 3.63) is 46.8 Å². The first-order valence-electron chi connectivity index (χ1n) is 7.72. The lowest BCUT2D eigenvalue weighted by atomic mass is 9.99. The molecule has 6 nitrogen and oxygen atoms in total. The summed E-state index contributed by atoms with van der Waals surface area (Å²) in [6.07, 6.45) is 1.66. The number of aromatic nitrogens is 1. The van der Waals surface area contributed by atoms with Crippen molar-refractivity contribution in [1.29, 1.82) is 0 Å². The van der Waals surface area contributed by atoms with Crippen molar-refractivity contribution in [2.75, 3.05) is 12.4 Å². The molecule has 2 aromatic rings. The first-order valence-corrected chi connectivity index (χ1v) is 9.20. The van der Waals surface area contributed by atoms with Gasteiger partial charge < -0.3 is 10.3 Å². The molecule has 4 rings (SSSR count). The first-order chi connectivity index (χ1) is 11.4. The summed E-state index contributed by atoms with van der Waals surface area (Å²) in [5.41, 5.74) is 6.07. The van der Waals surface area contributed by atoms with E-state index in [1.165, 1.54) is 18.7 Å². The van der Waals surface area contributed by atoms with Gasteiger partial charge in [0.2, 0.25) is 10.0 Å². The van der Waals surface area contributed by atoms with E-state index >= 15 is 0 Å². The van der Waals surface area contributed by atoms with E-state index in [0.29, 0.717) is 16.8 Å². The van der Waals surface area contributed by atoms with Crippen LogP contribution in [-0.2, 0) is 21.2 Å². The third-order valence-electron chi connectivity index (χ3n) is 4.60. The number of allylic oxidation sites excluding steroid dienone is 1. The maximum atomic E-state index is 12.5. The van der Waals surface area contributed by atoms with Crippen LogP contribution in [0, 0.1) is 6.92 Å². The molecule has 0 saturated heterocycles. The number of benzene rings is 1. The fraction of sp³-hybridized carbons (Fsp3) is 0.235.